The van der Waals surface area contributed by atoms with Gasteiger partial charge in [0.1, 0.15) is 11.8 Å². The molecule has 0 saturated heterocycles. The number of carboxylic acid groups (broad SMARTS) is 1. The number of halogens is 2. The number of phenolic OH excluding ortho intramolecular Hbond substituents is 1. The van der Waals surface area contributed by atoms with E-state index >= 15 is 0 Å². The van der Waals surface area contributed by atoms with Crippen LogP contribution in [0.4, 0.5) is 0 Å². The van der Waals surface area contributed by atoms with Gasteiger partial charge in [0.25, 0.3) is 0 Å². The summed E-state index contributed by atoms with van der Waals surface area (Å²) in [5.41, 5.74) is 5.34. The maximum atomic E-state index is 10.6. The molecular weight excluding hydrogens is 229 g/mol. The molecule has 0 heterocycles. The molecule has 0 aliphatic heterocycles. The number of phenols is 1. The number of hydrogen-bond donors (Lipinski definition) is 3. The predicted octanol–water partition coefficient (Wildman–Crippen LogP) is 1.78. The summed E-state index contributed by atoms with van der Waals surface area (Å²) < 4.78 is 0. The number of carbonyl (C=O) groups is 1. The number of benzene rings is 1. The normalized spacial score (nSPS) is 12.5. The van der Waals surface area contributed by atoms with E-state index in [-0.39, 0.29) is 21.4 Å². The van der Waals surface area contributed by atoms with Gasteiger partial charge >= 0.3 is 5.97 Å². The second-order valence-electron chi connectivity index (χ2n) is 2.61. The van der Waals surface area contributed by atoms with Gasteiger partial charge in [0.2, 0.25) is 0 Å². The van der Waals surface area contributed by atoms with Gasteiger partial charge in [-0.15, -0.1) is 0 Å². The van der Waals surface area contributed by atoms with Crippen molar-refractivity contribution in [3.63, 3.8) is 0 Å². The Morgan fingerprint density at radius 3 is 2.50 bits per heavy atom. The van der Waals surface area contributed by atoms with Crippen molar-refractivity contribution in [2.75, 3.05) is 0 Å². The topological polar surface area (TPSA) is 83.6 Å². The summed E-state index contributed by atoms with van der Waals surface area (Å²) in [5, 5.41) is 17.8. The SMILES string of the molecule is N[C@@H](C(=O)O)c1c(Cl)ccc(O)c1Cl. The molecule has 0 amide bonds. The maximum Gasteiger partial charge on any atom is 0.325 e. The van der Waals surface area contributed by atoms with E-state index in [1.54, 1.807) is 0 Å². The highest BCUT2D eigenvalue weighted by Crippen LogP contribution is 2.35. The Morgan fingerprint density at radius 1 is 1.43 bits per heavy atom. The summed E-state index contributed by atoms with van der Waals surface area (Å²) in [5.74, 6) is -1.51. The molecule has 0 aliphatic rings. The summed E-state index contributed by atoms with van der Waals surface area (Å²) in [6, 6.07) is 1.26. The minimum atomic E-state index is -1.35. The van der Waals surface area contributed by atoms with Crippen LogP contribution in [-0.2, 0) is 4.79 Å². The van der Waals surface area contributed by atoms with Crippen molar-refractivity contribution < 1.29 is 15.0 Å². The Kier molecular flexibility index (Phi) is 3.21. The average Bonchev–Trinajstić information content (AvgIpc) is 2.12. The number of carboxylic acids is 1. The Morgan fingerprint density at radius 2 is 2.00 bits per heavy atom. The van der Waals surface area contributed by atoms with Crippen LogP contribution in [-0.4, -0.2) is 16.2 Å². The van der Waals surface area contributed by atoms with Crippen molar-refractivity contribution in [3.05, 3.63) is 27.7 Å². The minimum Gasteiger partial charge on any atom is -0.506 e. The molecule has 0 aromatic heterocycles. The van der Waals surface area contributed by atoms with Crippen LogP contribution in [0.25, 0.3) is 0 Å². The van der Waals surface area contributed by atoms with E-state index in [1.807, 2.05) is 0 Å². The van der Waals surface area contributed by atoms with Gasteiger partial charge < -0.3 is 15.9 Å². The van der Waals surface area contributed by atoms with Crippen LogP contribution >= 0.6 is 23.2 Å². The molecule has 4 nitrogen and oxygen atoms in total. The first-order chi connectivity index (χ1) is 6.45. The third-order valence-corrected chi connectivity index (χ3v) is 2.41. The van der Waals surface area contributed by atoms with E-state index in [4.69, 9.17) is 34.0 Å². The lowest BCUT2D eigenvalue weighted by Crippen LogP contribution is -2.21. The fourth-order valence-electron chi connectivity index (χ4n) is 0.966. The summed E-state index contributed by atoms with van der Waals surface area (Å²) in [6.45, 7) is 0. The fourth-order valence-corrected chi connectivity index (χ4v) is 1.57. The number of aliphatic carboxylic acids is 1. The van der Waals surface area contributed by atoms with Crippen LogP contribution in [0.5, 0.6) is 5.75 Å². The van der Waals surface area contributed by atoms with Crippen molar-refractivity contribution in [2.45, 2.75) is 6.04 Å². The highest BCUT2D eigenvalue weighted by atomic mass is 35.5. The van der Waals surface area contributed by atoms with Gasteiger partial charge in [-0.25, -0.2) is 0 Å². The third-order valence-electron chi connectivity index (χ3n) is 1.68. The monoisotopic (exact) mass is 235 g/mol. The molecule has 1 rings (SSSR count). The first kappa shape index (κ1) is 11.1. The molecule has 14 heavy (non-hydrogen) atoms. The van der Waals surface area contributed by atoms with Crippen molar-refractivity contribution in [1.82, 2.24) is 0 Å². The van der Waals surface area contributed by atoms with Gasteiger partial charge in [-0.05, 0) is 12.1 Å². The van der Waals surface area contributed by atoms with Gasteiger partial charge in [-0.2, -0.15) is 0 Å². The minimum absolute atomic E-state index is 0.0147. The van der Waals surface area contributed by atoms with E-state index in [1.165, 1.54) is 12.1 Å². The summed E-state index contributed by atoms with van der Waals surface area (Å²) >= 11 is 11.4. The standard InChI is InChI=1S/C8H7Cl2NO3/c9-3-1-2-4(12)6(10)5(3)7(11)8(13)14/h1-2,7,12H,11H2,(H,13,14)/t7-/m1/s1. The lowest BCUT2D eigenvalue weighted by Gasteiger charge is -2.11. The van der Waals surface area contributed by atoms with Gasteiger partial charge in [0.05, 0.1) is 5.02 Å². The van der Waals surface area contributed by atoms with E-state index in [2.05, 4.69) is 0 Å². The number of hydrogen-bond acceptors (Lipinski definition) is 3. The number of rotatable bonds is 2. The lowest BCUT2D eigenvalue weighted by molar-refractivity contribution is -0.138. The molecule has 1 atom stereocenters. The highest BCUT2D eigenvalue weighted by Gasteiger charge is 2.22. The quantitative estimate of drug-likeness (QED) is 0.730. The lowest BCUT2D eigenvalue weighted by atomic mass is 10.1. The van der Waals surface area contributed by atoms with Crippen LogP contribution < -0.4 is 5.73 Å². The molecule has 0 radical (unpaired) electrons. The molecule has 1 aromatic carbocycles. The molecule has 1 aromatic rings. The second-order valence-corrected chi connectivity index (χ2v) is 3.40. The van der Waals surface area contributed by atoms with Crippen LogP contribution in [0.1, 0.15) is 11.6 Å². The first-order valence-electron chi connectivity index (χ1n) is 3.60. The fraction of sp³-hybridized carbons (Fsp3) is 0.125. The Balaban J connectivity index is 3.32. The summed E-state index contributed by atoms with van der Waals surface area (Å²) in [6.07, 6.45) is 0. The largest absolute Gasteiger partial charge is 0.506 e. The number of aromatic hydroxyl groups is 1. The second kappa shape index (κ2) is 4.04. The zero-order valence-electron chi connectivity index (χ0n) is 6.87. The molecule has 0 bridgehead atoms. The molecule has 4 N–H and O–H groups in total. The van der Waals surface area contributed by atoms with Gasteiger partial charge in [-0.3, -0.25) is 4.79 Å². The third kappa shape index (κ3) is 1.92. The first-order valence-corrected chi connectivity index (χ1v) is 4.36. The molecule has 0 aliphatic carbocycles. The zero-order chi connectivity index (χ0) is 10.9. The molecule has 76 valence electrons. The summed E-state index contributed by atoms with van der Waals surface area (Å²) in [7, 11) is 0. The summed E-state index contributed by atoms with van der Waals surface area (Å²) in [4.78, 5) is 10.6. The predicted molar refractivity (Wildman–Crippen MR) is 52.7 cm³/mol. The van der Waals surface area contributed by atoms with Crippen LogP contribution in [0.15, 0.2) is 12.1 Å². The number of nitrogens with two attached hydrogens (primary N) is 1. The molecule has 0 unspecified atom stereocenters. The van der Waals surface area contributed by atoms with Crippen LogP contribution in [0, 0.1) is 0 Å². The van der Waals surface area contributed by atoms with Crippen molar-refractivity contribution in [1.29, 1.82) is 0 Å². The molecule has 0 fully saturated rings. The Hall–Kier alpha value is -0.970. The van der Waals surface area contributed by atoms with Gasteiger partial charge in [0, 0.05) is 10.6 Å². The van der Waals surface area contributed by atoms with Crippen LogP contribution in [0.3, 0.4) is 0 Å². The van der Waals surface area contributed by atoms with E-state index in [0.717, 1.165) is 0 Å². The maximum absolute atomic E-state index is 10.6. The van der Waals surface area contributed by atoms with Crippen molar-refractivity contribution in [3.8, 4) is 5.75 Å². The smallest absolute Gasteiger partial charge is 0.325 e. The van der Waals surface area contributed by atoms with Gasteiger partial charge in [0.15, 0.2) is 0 Å². The van der Waals surface area contributed by atoms with E-state index in [9.17, 15) is 9.90 Å². The van der Waals surface area contributed by atoms with Crippen LogP contribution in [0.2, 0.25) is 10.0 Å². The van der Waals surface area contributed by atoms with E-state index in [0.29, 0.717) is 0 Å². The van der Waals surface area contributed by atoms with E-state index < -0.39 is 12.0 Å². The Bertz CT molecular complexity index is 381. The van der Waals surface area contributed by atoms with Crippen molar-refractivity contribution >= 4 is 29.2 Å². The average molecular weight is 236 g/mol. The molecular formula is C8H7Cl2NO3. The Labute approximate surface area is 89.9 Å². The van der Waals surface area contributed by atoms with Gasteiger partial charge in [-0.1, -0.05) is 23.2 Å². The van der Waals surface area contributed by atoms with Crippen molar-refractivity contribution in [2.24, 2.45) is 5.73 Å². The highest BCUT2D eigenvalue weighted by molar-refractivity contribution is 6.37. The molecule has 0 saturated carbocycles. The zero-order valence-corrected chi connectivity index (χ0v) is 8.38. The molecule has 0 spiro atoms. The molecule has 6 heteroatoms.